The van der Waals surface area contributed by atoms with E-state index < -0.39 is 0 Å². The van der Waals surface area contributed by atoms with Crippen molar-refractivity contribution < 1.29 is 4.79 Å². The normalized spacial score (nSPS) is 16.9. The number of hydrogen-bond donors (Lipinski definition) is 1. The number of carbonyl (C=O) groups is 1. The fourth-order valence-electron chi connectivity index (χ4n) is 2.68. The summed E-state index contributed by atoms with van der Waals surface area (Å²) in [5.74, 6) is 0.938. The van der Waals surface area contributed by atoms with Gasteiger partial charge in [0.25, 0.3) is 0 Å². The second kappa shape index (κ2) is 5.63. The van der Waals surface area contributed by atoms with Gasteiger partial charge in [-0.05, 0) is 32.6 Å². The number of rotatable bonds is 3. The Labute approximate surface area is 114 Å². The first-order valence-corrected chi connectivity index (χ1v) is 7.10. The highest BCUT2D eigenvalue weighted by molar-refractivity contribution is 5.76. The number of piperidine rings is 1. The number of likely N-dealkylation sites (tertiary alicyclic amines) is 1. The maximum Gasteiger partial charge on any atom is 0.244 e. The molecule has 1 aliphatic rings. The average Bonchev–Trinajstić information content (AvgIpc) is 2.66. The molecule has 0 aliphatic carbocycles. The zero-order valence-corrected chi connectivity index (χ0v) is 12.1. The van der Waals surface area contributed by atoms with E-state index in [4.69, 9.17) is 5.73 Å². The number of aryl methyl sites for hydroxylation is 1. The van der Waals surface area contributed by atoms with Gasteiger partial charge in [-0.3, -0.25) is 9.48 Å². The predicted octanol–water partition coefficient (Wildman–Crippen LogP) is 1.73. The van der Waals surface area contributed by atoms with Gasteiger partial charge >= 0.3 is 0 Å². The molecule has 1 fully saturated rings. The predicted molar refractivity (Wildman–Crippen MR) is 75.7 cm³/mol. The van der Waals surface area contributed by atoms with Crippen molar-refractivity contribution in [2.24, 2.45) is 5.92 Å². The van der Waals surface area contributed by atoms with Gasteiger partial charge in [0.05, 0.1) is 17.1 Å². The fourth-order valence-corrected chi connectivity index (χ4v) is 2.68. The SMILES string of the molecule is CCC1CCN(C(=O)Cn2nc(C)c(N)c2C)CC1. The first kappa shape index (κ1) is 13.9. The van der Waals surface area contributed by atoms with E-state index in [1.54, 1.807) is 4.68 Å². The third-order valence-corrected chi connectivity index (χ3v) is 4.27. The van der Waals surface area contributed by atoms with Crippen LogP contribution in [0.3, 0.4) is 0 Å². The molecule has 1 saturated heterocycles. The standard InChI is InChI=1S/C14H24N4O/c1-4-12-5-7-17(8-6-12)13(19)9-18-11(3)14(15)10(2)16-18/h12H,4-9,15H2,1-3H3. The molecule has 0 unspecified atom stereocenters. The lowest BCUT2D eigenvalue weighted by molar-refractivity contribution is -0.133. The lowest BCUT2D eigenvalue weighted by Crippen LogP contribution is -2.40. The first-order valence-electron chi connectivity index (χ1n) is 7.10. The summed E-state index contributed by atoms with van der Waals surface area (Å²) in [4.78, 5) is 14.2. The Morgan fingerprint density at radius 2 is 2.00 bits per heavy atom. The van der Waals surface area contributed by atoms with Gasteiger partial charge in [-0.2, -0.15) is 5.10 Å². The molecular weight excluding hydrogens is 240 g/mol. The second-order valence-electron chi connectivity index (χ2n) is 5.47. The van der Waals surface area contributed by atoms with Gasteiger partial charge in [0.2, 0.25) is 5.91 Å². The molecule has 0 spiro atoms. The van der Waals surface area contributed by atoms with Gasteiger partial charge in [-0.25, -0.2) is 0 Å². The minimum atomic E-state index is 0.153. The van der Waals surface area contributed by atoms with E-state index in [9.17, 15) is 4.79 Å². The Balaban J connectivity index is 1.96. The fraction of sp³-hybridized carbons (Fsp3) is 0.714. The summed E-state index contributed by atoms with van der Waals surface area (Å²) in [6.45, 7) is 8.07. The zero-order chi connectivity index (χ0) is 14.0. The quantitative estimate of drug-likeness (QED) is 0.904. The number of nitrogens with two attached hydrogens (primary N) is 1. The lowest BCUT2D eigenvalue weighted by atomic mass is 9.94. The topological polar surface area (TPSA) is 64.2 Å². The van der Waals surface area contributed by atoms with E-state index in [2.05, 4.69) is 12.0 Å². The Morgan fingerprint density at radius 1 is 1.37 bits per heavy atom. The molecule has 2 N–H and O–H groups in total. The zero-order valence-electron chi connectivity index (χ0n) is 12.1. The molecule has 1 amide bonds. The molecule has 0 bridgehead atoms. The number of anilines is 1. The molecule has 106 valence electrons. The highest BCUT2D eigenvalue weighted by atomic mass is 16.2. The summed E-state index contributed by atoms with van der Waals surface area (Å²) in [5, 5.41) is 4.32. The smallest absolute Gasteiger partial charge is 0.244 e. The highest BCUT2D eigenvalue weighted by Crippen LogP contribution is 2.20. The minimum Gasteiger partial charge on any atom is -0.396 e. The molecule has 2 rings (SSSR count). The Bertz CT molecular complexity index is 458. The molecule has 0 saturated carbocycles. The lowest BCUT2D eigenvalue weighted by Gasteiger charge is -2.31. The van der Waals surface area contributed by atoms with E-state index in [-0.39, 0.29) is 5.91 Å². The Kier molecular flexibility index (Phi) is 4.12. The third kappa shape index (κ3) is 2.91. The van der Waals surface area contributed by atoms with E-state index in [0.717, 1.165) is 43.2 Å². The summed E-state index contributed by atoms with van der Waals surface area (Å²) >= 11 is 0. The monoisotopic (exact) mass is 264 g/mol. The van der Waals surface area contributed by atoms with Crippen LogP contribution in [-0.4, -0.2) is 33.7 Å². The number of nitrogen functional groups attached to an aromatic ring is 1. The molecule has 19 heavy (non-hydrogen) atoms. The molecule has 0 radical (unpaired) electrons. The van der Waals surface area contributed by atoms with E-state index in [1.165, 1.54) is 6.42 Å². The summed E-state index contributed by atoms with van der Waals surface area (Å²) in [6.07, 6.45) is 3.47. The summed E-state index contributed by atoms with van der Waals surface area (Å²) in [7, 11) is 0. The van der Waals surface area contributed by atoms with Crippen LogP contribution in [0.5, 0.6) is 0 Å². The number of nitrogens with zero attached hydrogens (tertiary/aromatic N) is 3. The Morgan fingerprint density at radius 3 is 2.47 bits per heavy atom. The maximum atomic E-state index is 12.3. The molecule has 2 heterocycles. The molecule has 0 aromatic carbocycles. The van der Waals surface area contributed by atoms with Crippen molar-refractivity contribution >= 4 is 11.6 Å². The van der Waals surface area contributed by atoms with Crippen LogP contribution in [0, 0.1) is 19.8 Å². The molecule has 5 nitrogen and oxygen atoms in total. The average molecular weight is 264 g/mol. The van der Waals surface area contributed by atoms with Crippen LogP contribution in [0.15, 0.2) is 0 Å². The van der Waals surface area contributed by atoms with Crippen LogP contribution in [0.1, 0.15) is 37.6 Å². The highest BCUT2D eigenvalue weighted by Gasteiger charge is 2.22. The largest absolute Gasteiger partial charge is 0.396 e. The van der Waals surface area contributed by atoms with Crippen LogP contribution < -0.4 is 5.73 Å². The van der Waals surface area contributed by atoms with Crippen LogP contribution in [0.2, 0.25) is 0 Å². The number of aromatic nitrogens is 2. The maximum absolute atomic E-state index is 12.3. The van der Waals surface area contributed by atoms with Gasteiger partial charge in [-0.1, -0.05) is 13.3 Å². The third-order valence-electron chi connectivity index (χ3n) is 4.27. The van der Waals surface area contributed by atoms with Crippen molar-refractivity contribution in [3.8, 4) is 0 Å². The van der Waals surface area contributed by atoms with E-state index in [0.29, 0.717) is 12.2 Å². The molecular formula is C14H24N4O. The summed E-state index contributed by atoms with van der Waals surface area (Å²) in [6, 6.07) is 0. The molecule has 5 heteroatoms. The van der Waals surface area contributed by atoms with Crippen molar-refractivity contribution in [3.05, 3.63) is 11.4 Å². The van der Waals surface area contributed by atoms with Crippen molar-refractivity contribution in [2.45, 2.75) is 46.6 Å². The second-order valence-corrected chi connectivity index (χ2v) is 5.47. The minimum absolute atomic E-state index is 0.153. The van der Waals surface area contributed by atoms with Crippen molar-refractivity contribution in [1.29, 1.82) is 0 Å². The first-order chi connectivity index (χ1) is 9.02. The molecule has 1 aliphatic heterocycles. The molecule has 1 aromatic heterocycles. The van der Waals surface area contributed by atoms with Crippen LogP contribution in [-0.2, 0) is 11.3 Å². The van der Waals surface area contributed by atoms with E-state index >= 15 is 0 Å². The van der Waals surface area contributed by atoms with Gasteiger partial charge in [0, 0.05) is 13.1 Å². The Hall–Kier alpha value is -1.52. The van der Waals surface area contributed by atoms with Gasteiger partial charge < -0.3 is 10.6 Å². The van der Waals surface area contributed by atoms with E-state index in [1.807, 2.05) is 18.7 Å². The van der Waals surface area contributed by atoms with Gasteiger partial charge in [0.1, 0.15) is 6.54 Å². The number of amides is 1. The summed E-state index contributed by atoms with van der Waals surface area (Å²) in [5.41, 5.74) is 8.26. The van der Waals surface area contributed by atoms with Crippen LogP contribution >= 0.6 is 0 Å². The molecule has 1 aromatic rings. The van der Waals surface area contributed by atoms with Gasteiger partial charge in [0.15, 0.2) is 0 Å². The van der Waals surface area contributed by atoms with Crippen LogP contribution in [0.25, 0.3) is 0 Å². The van der Waals surface area contributed by atoms with Crippen LogP contribution in [0.4, 0.5) is 5.69 Å². The summed E-state index contributed by atoms with van der Waals surface area (Å²) < 4.78 is 1.72. The van der Waals surface area contributed by atoms with Crippen molar-refractivity contribution in [2.75, 3.05) is 18.8 Å². The molecule has 0 atom stereocenters. The number of carbonyl (C=O) groups excluding carboxylic acids is 1. The van der Waals surface area contributed by atoms with Gasteiger partial charge in [-0.15, -0.1) is 0 Å². The van der Waals surface area contributed by atoms with Crippen molar-refractivity contribution in [1.82, 2.24) is 14.7 Å². The number of hydrogen-bond acceptors (Lipinski definition) is 3. The van der Waals surface area contributed by atoms with Crippen molar-refractivity contribution in [3.63, 3.8) is 0 Å².